The number of nitrogens with two attached hydrogens (primary N) is 1. The maximum Gasteiger partial charge on any atom is 0.294 e. The van der Waals surface area contributed by atoms with Crippen LogP contribution in [0, 0.1) is 10.1 Å². The Hall–Kier alpha value is -5.34. The maximum atomic E-state index is 12.8. The Morgan fingerprint density at radius 3 is 2.61 bits per heavy atom. The largest absolute Gasteiger partial charge is 0.508 e. The minimum Gasteiger partial charge on any atom is -0.508 e. The van der Waals surface area contributed by atoms with Crippen LogP contribution < -0.4 is 11.2 Å². The number of amides is 1. The maximum absolute atomic E-state index is 12.8. The lowest BCUT2D eigenvalue weighted by Gasteiger charge is -2.05. The van der Waals surface area contributed by atoms with Crippen molar-refractivity contribution in [3.63, 3.8) is 0 Å². The molecular formula is C18H13N9O6. The molecule has 1 amide bonds. The first-order valence-electron chi connectivity index (χ1n) is 8.99. The molecule has 15 nitrogen and oxygen atoms in total. The predicted molar refractivity (Wildman–Crippen MR) is 111 cm³/mol. The number of nitro groups is 1. The number of nitrogens with zero attached hydrogens (tertiary/aromatic N) is 7. The first-order chi connectivity index (χ1) is 15.8. The molecule has 0 unspecified atom stereocenters. The molecule has 0 saturated carbocycles. The molecule has 0 saturated heterocycles. The zero-order chi connectivity index (χ0) is 23.5. The molecule has 0 radical (unpaired) electrons. The van der Waals surface area contributed by atoms with E-state index in [9.17, 15) is 25.1 Å². The lowest BCUT2D eigenvalue weighted by atomic mass is 10.1. The van der Waals surface area contributed by atoms with E-state index in [1.807, 2.05) is 0 Å². The summed E-state index contributed by atoms with van der Waals surface area (Å²) in [6.07, 6.45) is 1.15. The number of rotatable bonds is 6. The standard InChI is InChI=1S/C18H13N9O6/c19-16-17(24-33-23-16)26-15(9-1-4-11(5-2-9)27(31)32)14(21-25-26)18(30)22-20-8-10-3-6-12(28)7-13(10)29/h1-8,28-29H,(H2,19,23)(H,22,30)/b20-8+. The third-order valence-electron chi connectivity index (χ3n) is 4.32. The number of anilines is 1. The zero-order valence-electron chi connectivity index (χ0n) is 16.4. The number of nitrogen functional groups attached to an aromatic ring is 1. The van der Waals surface area contributed by atoms with Gasteiger partial charge in [0, 0.05) is 29.3 Å². The van der Waals surface area contributed by atoms with Gasteiger partial charge in [-0.3, -0.25) is 14.9 Å². The van der Waals surface area contributed by atoms with Crippen LogP contribution >= 0.6 is 0 Å². The molecule has 0 aliphatic heterocycles. The van der Waals surface area contributed by atoms with Crippen molar-refractivity contribution < 1.29 is 24.6 Å². The van der Waals surface area contributed by atoms with E-state index in [-0.39, 0.29) is 45.8 Å². The van der Waals surface area contributed by atoms with E-state index in [0.29, 0.717) is 5.56 Å². The highest BCUT2D eigenvalue weighted by molar-refractivity contribution is 5.99. The van der Waals surface area contributed by atoms with E-state index in [4.69, 9.17) is 5.73 Å². The summed E-state index contributed by atoms with van der Waals surface area (Å²) < 4.78 is 5.67. The van der Waals surface area contributed by atoms with Crippen LogP contribution in [0.2, 0.25) is 0 Å². The minimum atomic E-state index is -0.792. The highest BCUT2D eigenvalue weighted by Crippen LogP contribution is 2.28. The number of carbonyl (C=O) groups excluding carboxylic acids is 1. The van der Waals surface area contributed by atoms with Crippen LogP contribution in [0.1, 0.15) is 16.1 Å². The van der Waals surface area contributed by atoms with Crippen LogP contribution in [0.3, 0.4) is 0 Å². The molecule has 4 rings (SSSR count). The van der Waals surface area contributed by atoms with E-state index in [1.54, 1.807) is 0 Å². The Morgan fingerprint density at radius 1 is 1.21 bits per heavy atom. The van der Waals surface area contributed by atoms with Gasteiger partial charge in [-0.2, -0.15) is 9.78 Å². The first kappa shape index (κ1) is 20.9. The molecule has 0 bridgehead atoms. The van der Waals surface area contributed by atoms with E-state index >= 15 is 0 Å². The third kappa shape index (κ3) is 4.13. The highest BCUT2D eigenvalue weighted by Gasteiger charge is 2.25. The number of benzene rings is 2. The van der Waals surface area contributed by atoms with Gasteiger partial charge >= 0.3 is 0 Å². The minimum absolute atomic E-state index is 0.0487. The van der Waals surface area contributed by atoms with Crippen molar-refractivity contribution in [2.24, 2.45) is 5.10 Å². The van der Waals surface area contributed by atoms with Crippen molar-refractivity contribution in [2.75, 3.05) is 5.73 Å². The van der Waals surface area contributed by atoms with Crippen LogP contribution in [0.25, 0.3) is 17.1 Å². The molecule has 0 aliphatic carbocycles. The van der Waals surface area contributed by atoms with Crippen molar-refractivity contribution in [3.8, 4) is 28.6 Å². The van der Waals surface area contributed by atoms with Gasteiger partial charge in [-0.25, -0.2) is 10.1 Å². The van der Waals surface area contributed by atoms with E-state index in [2.05, 4.69) is 35.8 Å². The fourth-order valence-corrected chi connectivity index (χ4v) is 2.78. The van der Waals surface area contributed by atoms with Gasteiger partial charge in [-0.1, -0.05) is 5.21 Å². The van der Waals surface area contributed by atoms with Crippen LogP contribution in [0.5, 0.6) is 11.5 Å². The second kappa shape index (κ2) is 8.42. The molecule has 166 valence electrons. The lowest BCUT2D eigenvalue weighted by molar-refractivity contribution is -0.384. The van der Waals surface area contributed by atoms with Gasteiger partial charge in [0.05, 0.1) is 11.1 Å². The summed E-state index contributed by atoms with van der Waals surface area (Å²) in [6.45, 7) is 0. The average molecular weight is 451 g/mol. The number of carbonyl (C=O) groups is 1. The molecule has 15 heteroatoms. The SMILES string of the molecule is Nc1nonc1-n1nnc(C(=O)N/N=C/c2ccc(O)cc2O)c1-c1ccc([N+](=O)[O-])cc1. The zero-order valence-corrected chi connectivity index (χ0v) is 16.4. The second-order valence-electron chi connectivity index (χ2n) is 6.42. The van der Waals surface area contributed by atoms with Gasteiger partial charge in [0.2, 0.25) is 11.6 Å². The molecule has 0 atom stereocenters. The Morgan fingerprint density at radius 2 is 1.97 bits per heavy atom. The summed E-state index contributed by atoms with van der Waals surface area (Å²) in [5.74, 6) is -1.36. The number of nitro benzene ring substituents is 1. The first-order valence-corrected chi connectivity index (χ1v) is 8.99. The van der Waals surface area contributed by atoms with Crippen LogP contribution in [-0.4, -0.2) is 52.6 Å². The number of hydrogen-bond donors (Lipinski definition) is 4. The highest BCUT2D eigenvalue weighted by atomic mass is 16.6. The van der Waals surface area contributed by atoms with Gasteiger partial charge in [0.15, 0.2) is 5.69 Å². The monoisotopic (exact) mass is 451 g/mol. The van der Waals surface area contributed by atoms with Crippen LogP contribution in [0.4, 0.5) is 11.5 Å². The average Bonchev–Trinajstić information content (AvgIpc) is 3.41. The Bertz CT molecular complexity index is 1380. The van der Waals surface area contributed by atoms with Gasteiger partial charge in [-0.05, 0) is 34.6 Å². The molecule has 0 spiro atoms. The molecule has 0 aliphatic rings. The van der Waals surface area contributed by atoms with Gasteiger partial charge < -0.3 is 15.9 Å². The fourth-order valence-electron chi connectivity index (χ4n) is 2.78. The smallest absolute Gasteiger partial charge is 0.294 e. The molecule has 4 aromatic rings. The number of phenolic OH excluding ortho intramolecular Hbond substituents is 2. The van der Waals surface area contributed by atoms with E-state index < -0.39 is 10.8 Å². The van der Waals surface area contributed by atoms with Gasteiger partial charge in [-0.15, -0.1) is 5.10 Å². The number of aromatic hydroxyl groups is 2. The predicted octanol–water partition coefficient (Wildman–Crippen LogP) is 0.983. The topological polar surface area (TPSA) is 221 Å². The molecule has 2 aromatic heterocycles. The molecule has 0 fully saturated rings. The number of phenols is 2. The summed E-state index contributed by atoms with van der Waals surface area (Å²) in [4.78, 5) is 23.2. The number of nitrogens with one attached hydrogen (secondary N) is 1. The number of non-ortho nitro benzene ring substituents is 1. The molecule has 2 aromatic carbocycles. The van der Waals surface area contributed by atoms with Gasteiger partial charge in [0.1, 0.15) is 17.2 Å². The second-order valence-corrected chi connectivity index (χ2v) is 6.42. The van der Waals surface area contributed by atoms with Crippen molar-refractivity contribution in [2.45, 2.75) is 0 Å². The fraction of sp³-hybridized carbons (Fsp3) is 0. The Kier molecular flexibility index (Phi) is 5.34. The van der Waals surface area contributed by atoms with Crippen molar-refractivity contribution in [3.05, 3.63) is 63.8 Å². The summed E-state index contributed by atoms with van der Waals surface area (Å²) >= 11 is 0. The number of aromatic nitrogens is 5. The van der Waals surface area contributed by atoms with E-state index in [1.165, 1.54) is 36.4 Å². The third-order valence-corrected chi connectivity index (χ3v) is 4.32. The van der Waals surface area contributed by atoms with Crippen molar-refractivity contribution in [1.29, 1.82) is 0 Å². The normalized spacial score (nSPS) is 11.0. The Balaban J connectivity index is 1.69. The molecule has 2 heterocycles. The lowest BCUT2D eigenvalue weighted by Crippen LogP contribution is -2.19. The van der Waals surface area contributed by atoms with Crippen molar-refractivity contribution >= 4 is 23.6 Å². The Labute approximate surface area is 182 Å². The summed E-state index contributed by atoms with van der Waals surface area (Å²) in [5.41, 5.74) is 8.25. The number of hydrazone groups is 1. The number of hydrogen-bond acceptors (Lipinski definition) is 12. The van der Waals surface area contributed by atoms with E-state index in [0.717, 1.165) is 17.0 Å². The summed E-state index contributed by atoms with van der Waals surface area (Å²) in [6, 6.07) is 9.10. The summed E-state index contributed by atoms with van der Waals surface area (Å²) in [5, 5.41) is 48.7. The van der Waals surface area contributed by atoms with Crippen LogP contribution in [0.15, 0.2) is 52.2 Å². The quantitative estimate of drug-likeness (QED) is 0.184. The molecule has 5 N–H and O–H groups in total. The van der Waals surface area contributed by atoms with Gasteiger partial charge in [0.25, 0.3) is 11.6 Å². The van der Waals surface area contributed by atoms with Crippen molar-refractivity contribution in [1.82, 2.24) is 30.7 Å². The summed E-state index contributed by atoms with van der Waals surface area (Å²) in [7, 11) is 0. The molecular weight excluding hydrogens is 438 g/mol. The molecule has 33 heavy (non-hydrogen) atoms. The van der Waals surface area contributed by atoms with Crippen LogP contribution in [-0.2, 0) is 0 Å².